The largest absolute Gasteiger partial charge is 0.398 e. The van der Waals surface area contributed by atoms with E-state index in [1.165, 1.54) is 24.3 Å². The van der Waals surface area contributed by atoms with Gasteiger partial charge in [-0.25, -0.2) is 9.37 Å². The van der Waals surface area contributed by atoms with Crippen LogP contribution < -0.4 is 11.1 Å². The Balaban J connectivity index is 2.00. The second kappa shape index (κ2) is 5.43. The van der Waals surface area contributed by atoms with E-state index in [1.807, 2.05) is 6.07 Å². The standard InChI is InChI=1S/C18H10ClFN4O/c19-12-4-1-8(20)5-11(12)17-16-13(22)6-14-10(15(16)18(25)24-17)3-2-9(7-21)23-14/h1-6,17H,22H2,(H,24,25). The number of nitrogens with two attached hydrogens (primary N) is 1. The van der Waals surface area contributed by atoms with Crippen molar-refractivity contribution in [3.63, 3.8) is 0 Å². The number of nitriles is 1. The monoisotopic (exact) mass is 352 g/mol. The quantitative estimate of drug-likeness (QED) is 0.657. The Kier molecular flexibility index (Phi) is 3.34. The van der Waals surface area contributed by atoms with Crippen molar-refractivity contribution in [2.45, 2.75) is 6.04 Å². The smallest absolute Gasteiger partial charge is 0.253 e. The van der Waals surface area contributed by atoms with Crippen LogP contribution in [-0.2, 0) is 0 Å². The molecule has 3 N–H and O–H groups in total. The van der Waals surface area contributed by atoms with Gasteiger partial charge in [0.05, 0.1) is 17.1 Å². The number of rotatable bonds is 1. The highest BCUT2D eigenvalue weighted by Gasteiger charge is 2.35. The number of anilines is 1. The number of carbonyl (C=O) groups is 1. The average Bonchev–Trinajstić information content (AvgIpc) is 2.95. The Morgan fingerprint density at radius 3 is 2.84 bits per heavy atom. The van der Waals surface area contributed by atoms with Gasteiger partial charge >= 0.3 is 0 Å². The number of aromatic nitrogens is 1. The van der Waals surface area contributed by atoms with E-state index < -0.39 is 11.9 Å². The van der Waals surface area contributed by atoms with Gasteiger partial charge in [-0.2, -0.15) is 5.26 Å². The number of nitrogens with one attached hydrogen (secondary N) is 1. The number of hydrogen-bond acceptors (Lipinski definition) is 4. The summed E-state index contributed by atoms with van der Waals surface area (Å²) in [6.45, 7) is 0. The molecule has 0 fully saturated rings. The first-order chi connectivity index (χ1) is 12.0. The number of fused-ring (bicyclic) bond motifs is 3. The SMILES string of the molecule is N#Cc1ccc2c3c(c(N)cc2n1)C(c1cc(F)ccc1Cl)NC3=O. The van der Waals surface area contributed by atoms with Crippen LogP contribution in [0.25, 0.3) is 10.9 Å². The van der Waals surface area contributed by atoms with Crippen LogP contribution in [0.1, 0.15) is 33.2 Å². The Morgan fingerprint density at radius 1 is 1.28 bits per heavy atom. The van der Waals surface area contributed by atoms with Crippen LogP contribution in [-0.4, -0.2) is 10.9 Å². The second-order valence-electron chi connectivity index (χ2n) is 5.70. The van der Waals surface area contributed by atoms with E-state index in [2.05, 4.69) is 10.3 Å². The van der Waals surface area contributed by atoms with Gasteiger partial charge in [0.15, 0.2) is 0 Å². The van der Waals surface area contributed by atoms with Crippen LogP contribution >= 0.6 is 11.6 Å². The third-order valence-electron chi connectivity index (χ3n) is 4.24. The maximum absolute atomic E-state index is 13.7. The molecule has 2 heterocycles. The lowest BCUT2D eigenvalue weighted by Gasteiger charge is -2.16. The van der Waals surface area contributed by atoms with Crippen LogP contribution in [0.2, 0.25) is 5.02 Å². The number of halogens is 2. The Hall–Kier alpha value is -3.17. The zero-order chi connectivity index (χ0) is 17.7. The fraction of sp³-hybridized carbons (Fsp3) is 0.0556. The highest BCUT2D eigenvalue weighted by Crippen LogP contribution is 2.41. The minimum Gasteiger partial charge on any atom is -0.398 e. The highest BCUT2D eigenvalue weighted by molar-refractivity contribution is 6.31. The van der Waals surface area contributed by atoms with Crippen molar-refractivity contribution >= 4 is 34.1 Å². The first kappa shape index (κ1) is 15.4. The van der Waals surface area contributed by atoms with Gasteiger partial charge in [-0.1, -0.05) is 11.6 Å². The second-order valence-corrected chi connectivity index (χ2v) is 6.11. The minimum atomic E-state index is -0.647. The van der Waals surface area contributed by atoms with Crippen molar-refractivity contribution in [2.24, 2.45) is 0 Å². The molecule has 5 nitrogen and oxygen atoms in total. The summed E-state index contributed by atoms with van der Waals surface area (Å²) in [6.07, 6.45) is 0. The molecule has 0 saturated heterocycles. The van der Waals surface area contributed by atoms with Crippen molar-refractivity contribution in [3.05, 3.63) is 69.6 Å². The van der Waals surface area contributed by atoms with E-state index in [0.29, 0.717) is 38.3 Å². The lowest BCUT2D eigenvalue weighted by molar-refractivity contribution is 0.0962. The third-order valence-corrected chi connectivity index (χ3v) is 4.59. The van der Waals surface area contributed by atoms with Crippen molar-refractivity contribution in [3.8, 4) is 6.07 Å². The zero-order valence-electron chi connectivity index (χ0n) is 12.7. The molecule has 0 bridgehead atoms. The Bertz CT molecular complexity index is 1110. The predicted molar refractivity (Wildman–Crippen MR) is 91.6 cm³/mol. The molecule has 1 aliphatic rings. The van der Waals surface area contributed by atoms with E-state index in [4.69, 9.17) is 22.6 Å². The molecule has 1 unspecified atom stereocenters. The molecule has 4 rings (SSSR count). The molecule has 0 saturated carbocycles. The van der Waals surface area contributed by atoms with Crippen LogP contribution in [0.15, 0.2) is 36.4 Å². The molecule has 0 radical (unpaired) electrons. The molecule has 1 aromatic heterocycles. The van der Waals surface area contributed by atoms with Crippen molar-refractivity contribution < 1.29 is 9.18 Å². The predicted octanol–water partition coefficient (Wildman–Crippen LogP) is 3.31. The van der Waals surface area contributed by atoms with Crippen LogP contribution in [0.3, 0.4) is 0 Å². The van der Waals surface area contributed by atoms with Crippen LogP contribution in [0.4, 0.5) is 10.1 Å². The highest BCUT2D eigenvalue weighted by atomic mass is 35.5. The normalized spacial score (nSPS) is 15.7. The van der Waals surface area contributed by atoms with Crippen LogP contribution in [0.5, 0.6) is 0 Å². The molecule has 1 amide bonds. The lowest BCUT2D eigenvalue weighted by atomic mass is 9.94. The number of pyridine rings is 1. The maximum Gasteiger partial charge on any atom is 0.253 e. The van der Waals surface area contributed by atoms with E-state index in [9.17, 15) is 9.18 Å². The van der Waals surface area contributed by atoms with Gasteiger partial charge in [-0.15, -0.1) is 0 Å². The molecular formula is C18H10ClFN4O. The van der Waals surface area contributed by atoms with Gasteiger partial charge in [0.2, 0.25) is 0 Å². The van der Waals surface area contributed by atoms with Crippen molar-refractivity contribution in [2.75, 3.05) is 5.73 Å². The van der Waals surface area contributed by atoms with Gasteiger partial charge in [-0.05, 0) is 36.4 Å². The van der Waals surface area contributed by atoms with E-state index in [1.54, 1.807) is 12.1 Å². The van der Waals surface area contributed by atoms with Crippen molar-refractivity contribution in [1.82, 2.24) is 10.3 Å². The van der Waals surface area contributed by atoms with Crippen LogP contribution in [0, 0.1) is 17.1 Å². The third kappa shape index (κ3) is 2.29. The Morgan fingerprint density at radius 2 is 2.08 bits per heavy atom. The molecular weight excluding hydrogens is 343 g/mol. The Labute approximate surface area is 146 Å². The number of nitrogens with zero attached hydrogens (tertiary/aromatic N) is 2. The fourth-order valence-electron chi connectivity index (χ4n) is 3.17. The average molecular weight is 353 g/mol. The van der Waals surface area contributed by atoms with Crippen molar-refractivity contribution in [1.29, 1.82) is 5.26 Å². The van der Waals surface area contributed by atoms with E-state index in [-0.39, 0.29) is 11.6 Å². The number of carbonyl (C=O) groups excluding carboxylic acids is 1. The number of hydrogen-bond donors (Lipinski definition) is 2. The molecule has 0 spiro atoms. The summed E-state index contributed by atoms with van der Waals surface area (Å²) in [5, 5.41) is 12.7. The minimum absolute atomic E-state index is 0.231. The molecule has 122 valence electrons. The fourth-order valence-corrected chi connectivity index (χ4v) is 3.40. The summed E-state index contributed by atoms with van der Waals surface area (Å²) >= 11 is 6.19. The van der Waals surface area contributed by atoms with E-state index >= 15 is 0 Å². The molecule has 3 aromatic rings. The summed E-state index contributed by atoms with van der Waals surface area (Å²) in [6, 6.07) is 10.1. The van der Waals surface area contributed by atoms with Gasteiger partial charge in [0, 0.05) is 27.2 Å². The summed E-state index contributed by atoms with van der Waals surface area (Å²) in [4.78, 5) is 16.8. The van der Waals surface area contributed by atoms with Gasteiger partial charge in [-0.3, -0.25) is 4.79 Å². The van der Waals surface area contributed by atoms with E-state index in [0.717, 1.165) is 0 Å². The zero-order valence-corrected chi connectivity index (χ0v) is 13.4. The summed E-state index contributed by atoms with van der Waals surface area (Å²) in [5.74, 6) is -0.800. The maximum atomic E-state index is 13.7. The number of benzene rings is 2. The summed E-state index contributed by atoms with van der Waals surface area (Å²) in [7, 11) is 0. The summed E-state index contributed by atoms with van der Waals surface area (Å²) < 4.78 is 13.7. The molecule has 2 aromatic carbocycles. The topological polar surface area (TPSA) is 91.8 Å². The van der Waals surface area contributed by atoms with Gasteiger partial charge in [0.1, 0.15) is 17.6 Å². The first-order valence-electron chi connectivity index (χ1n) is 7.38. The van der Waals surface area contributed by atoms with Gasteiger partial charge < -0.3 is 11.1 Å². The molecule has 25 heavy (non-hydrogen) atoms. The molecule has 1 atom stereocenters. The lowest BCUT2D eigenvalue weighted by Crippen LogP contribution is -2.20. The number of amides is 1. The summed E-state index contributed by atoms with van der Waals surface area (Å²) in [5.41, 5.74) is 8.51. The number of nitrogen functional groups attached to an aromatic ring is 1. The van der Waals surface area contributed by atoms with Gasteiger partial charge in [0.25, 0.3) is 5.91 Å². The molecule has 1 aliphatic heterocycles. The molecule has 7 heteroatoms. The first-order valence-corrected chi connectivity index (χ1v) is 7.76. The molecule has 0 aliphatic carbocycles.